The summed E-state index contributed by atoms with van der Waals surface area (Å²) in [5, 5.41) is 17.3. The maximum absolute atomic E-state index is 15.9. The van der Waals surface area contributed by atoms with E-state index in [4.69, 9.17) is 4.74 Å². The first-order valence-electron chi connectivity index (χ1n) is 17.8. The average Bonchev–Trinajstić information content (AvgIpc) is 3.76. The fourth-order valence-electron chi connectivity index (χ4n) is 11.3. The van der Waals surface area contributed by atoms with E-state index in [0.717, 1.165) is 10.8 Å². The van der Waals surface area contributed by atoms with E-state index in [0.29, 0.717) is 41.6 Å². The molecule has 4 bridgehead atoms. The van der Waals surface area contributed by atoms with Crippen LogP contribution in [0.1, 0.15) is 49.8 Å². The summed E-state index contributed by atoms with van der Waals surface area (Å²) in [5.41, 5.74) is -1.39. The SMILES string of the molecule is CC[C@@]12SS[C@]3(C(=O)N1C)[C@@H](O)[C@]1([C@@]45c6ccccc6N[C@@H]4N4C(=O)[C@]6(C)SS[C@]4(C(=O)N6C)[C@H]5OC(=O)C4CC4)c4cc(F)ccc4C[C@@H]1N3C2=O. The Morgan fingerprint density at radius 2 is 1.62 bits per heavy atom. The highest BCUT2D eigenvalue weighted by molar-refractivity contribution is 8.78. The molecule has 2 aromatic carbocycles. The third-order valence-corrected chi connectivity index (χ3v) is 21.4. The van der Waals surface area contributed by atoms with E-state index < -0.39 is 84.2 Å². The number of ether oxygens (including phenoxy) is 1. The highest BCUT2D eigenvalue weighted by Gasteiger charge is 2.93. The number of nitrogens with zero attached hydrogens (tertiary/aromatic N) is 4. The van der Waals surface area contributed by atoms with Crippen molar-refractivity contribution in [3.63, 3.8) is 0 Å². The fourth-order valence-corrected chi connectivity index (χ4v) is 18.8. The van der Waals surface area contributed by atoms with E-state index in [1.54, 1.807) is 32.0 Å². The largest absolute Gasteiger partial charge is 0.457 e. The van der Waals surface area contributed by atoms with Gasteiger partial charge in [-0.2, -0.15) is 0 Å². The van der Waals surface area contributed by atoms with E-state index in [2.05, 4.69) is 5.32 Å². The lowest BCUT2D eigenvalue weighted by molar-refractivity contribution is -0.173. The Morgan fingerprint density at radius 1 is 0.906 bits per heavy atom. The zero-order valence-electron chi connectivity index (χ0n) is 29.0. The summed E-state index contributed by atoms with van der Waals surface area (Å²) in [6, 6.07) is 10.7. The smallest absolute Gasteiger partial charge is 0.309 e. The van der Waals surface area contributed by atoms with Crippen LogP contribution >= 0.6 is 43.2 Å². The van der Waals surface area contributed by atoms with Crippen LogP contribution in [-0.2, 0) is 46.0 Å². The Hall–Kier alpha value is -3.12. The van der Waals surface area contributed by atoms with Crippen molar-refractivity contribution < 1.29 is 38.2 Å². The minimum Gasteiger partial charge on any atom is -0.457 e. The van der Waals surface area contributed by atoms with Crippen molar-refractivity contribution in [3.05, 3.63) is 65.0 Å². The van der Waals surface area contributed by atoms with Crippen LogP contribution < -0.4 is 5.32 Å². The normalized spacial score (nSPS) is 43.8. The molecule has 2 spiro atoms. The first-order chi connectivity index (χ1) is 25.3. The van der Waals surface area contributed by atoms with Crippen LogP contribution in [0.25, 0.3) is 0 Å². The molecular weight excluding hydrogens is 762 g/mol. The lowest BCUT2D eigenvalue weighted by atomic mass is 9.51. The molecule has 2 N–H and O–H groups in total. The van der Waals surface area contributed by atoms with E-state index >= 15 is 18.8 Å². The van der Waals surface area contributed by atoms with Crippen molar-refractivity contribution in [2.24, 2.45) is 5.92 Å². The summed E-state index contributed by atoms with van der Waals surface area (Å²) in [6.45, 7) is 3.54. The minimum atomic E-state index is -1.86. The van der Waals surface area contributed by atoms with Crippen molar-refractivity contribution in [2.75, 3.05) is 19.4 Å². The molecule has 276 valence electrons. The molecule has 11 aliphatic rings. The number of piperazine rings is 2. The van der Waals surface area contributed by atoms with Crippen LogP contribution in [0.2, 0.25) is 0 Å². The maximum Gasteiger partial charge on any atom is 0.309 e. The zero-order chi connectivity index (χ0) is 37.0. The number of likely N-dealkylation sites (N-methyl/N-ethyl adjacent to an activating group) is 2. The molecule has 9 fully saturated rings. The lowest BCUT2D eigenvalue weighted by Gasteiger charge is -2.59. The Kier molecular flexibility index (Phi) is 6.15. The maximum atomic E-state index is 15.9. The molecule has 8 saturated heterocycles. The number of carbonyl (C=O) groups excluding carboxylic acids is 5. The quantitative estimate of drug-likeness (QED) is 0.348. The Labute approximate surface area is 319 Å². The van der Waals surface area contributed by atoms with Gasteiger partial charge in [-0.25, -0.2) is 4.39 Å². The third-order valence-electron chi connectivity index (χ3n) is 13.9. The number of hydrogen-bond donors (Lipinski definition) is 2. The van der Waals surface area contributed by atoms with Crippen molar-refractivity contribution in [2.45, 2.75) is 94.3 Å². The van der Waals surface area contributed by atoms with Gasteiger partial charge >= 0.3 is 5.97 Å². The summed E-state index contributed by atoms with van der Waals surface area (Å²) >= 11 is 0. The van der Waals surface area contributed by atoms with Crippen molar-refractivity contribution in [1.82, 2.24) is 19.6 Å². The number of anilines is 1. The van der Waals surface area contributed by atoms with Crippen molar-refractivity contribution >= 4 is 78.5 Å². The van der Waals surface area contributed by atoms with Gasteiger partial charge in [0.05, 0.1) is 22.8 Å². The van der Waals surface area contributed by atoms with Gasteiger partial charge in [0.15, 0.2) is 15.8 Å². The average molecular weight is 796 g/mol. The lowest BCUT2D eigenvalue weighted by Crippen LogP contribution is -2.77. The number of halogens is 1. The molecule has 1 saturated carbocycles. The first kappa shape index (κ1) is 33.2. The molecule has 2 aliphatic carbocycles. The second-order valence-electron chi connectivity index (χ2n) is 15.8. The predicted molar refractivity (Wildman–Crippen MR) is 196 cm³/mol. The molecule has 0 aromatic heterocycles. The highest BCUT2D eigenvalue weighted by Crippen LogP contribution is 2.79. The second-order valence-corrected chi connectivity index (χ2v) is 21.2. The molecule has 12 nitrogen and oxygen atoms in total. The molecular formula is C36H34FN5O7S4. The van der Waals surface area contributed by atoms with Crippen molar-refractivity contribution in [3.8, 4) is 0 Å². The topological polar surface area (TPSA) is 140 Å². The number of aliphatic hydroxyl groups is 1. The minimum absolute atomic E-state index is 0.149. The van der Waals surface area contributed by atoms with Crippen LogP contribution in [0.5, 0.6) is 0 Å². The predicted octanol–water partition coefficient (Wildman–Crippen LogP) is 2.99. The van der Waals surface area contributed by atoms with Crippen LogP contribution in [0, 0.1) is 11.7 Å². The van der Waals surface area contributed by atoms with Gasteiger partial charge in [0.1, 0.15) is 18.1 Å². The van der Waals surface area contributed by atoms with Gasteiger partial charge in [-0.3, -0.25) is 28.9 Å². The molecule has 0 unspecified atom stereocenters. The number of para-hydroxylation sites is 1. The van der Waals surface area contributed by atoms with E-state index in [1.807, 2.05) is 31.2 Å². The van der Waals surface area contributed by atoms with Gasteiger partial charge in [0, 0.05) is 19.8 Å². The molecule has 0 radical (unpaired) electrons. The molecule has 9 aliphatic heterocycles. The van der Waals surface area contributed by atoms with E-state index in [9.17, 15) is 14.7 Å². The number of nitrogens with one attached hydrogen (secondary N) is 1. The molecule has 4 amide bonds. The summed E-state index contributed by atoms with van der Waals surface area (Å²) in [7, 11) is 7.93. The Bertz CT molecular complexity index is 2180. The number of amides is 4. The van der Waals surface area contributed by atoms with Gasteiger partial charge in [-0.1, -0.05) is 52.8 Å². The van der Waals surface area contributed by atoms with Gasteiger partial charge in [0.2, 0.25) is 9.74 Å². The highest BCUT2D eigenvalue weighted by atomic mass is 33.1. The number of esters is 1. The van der Waals surface area contributed by atoms with Crippen LogP contribution in [-0.4, -0.2) is 112 Å². The van der Waals surface area contributed by atoms with E-state index in [-0.39, 0.29) is 18.2 Å². The van der Waals surface area contributed by atoms with Crippen LogP contribution in [0.15, 0.2) is 42.5 Å². The summed E-state index contributed by atoms with van der Waals surface area (Å²) in [5.74, 6) is -3.17. The number of hydrogen-bond acceptors (Lipinski definition) is 12. The standard InChI is InChI=1S/C36H34FN5O7S4/c1-5-32-28(46)41-22-14-17-12-13-18(37)15-20(17)33(22,24(44)35(41,52-51-32)29(47)40(32)4)34-19-8-6-7-9-21(19)38-26(34)42-27(45)31(2)39(3)30(48)36(42,53-50-31)25(34)49-23(43)16-10-11-16/h6-9,12-13,15-16,22,24-26,38,44H,5,10-11,14H2,1-4H3/t22-,24-,25-,26+,31-,32-,33-,34+,35-,36-/m0/s1. The summed E-state index contributed by atoms with van der Waals surface area (Å²) < 4.78 is 22.7. The van der Waals surface area contributed by atoms with Crippen LogP contribution in [0.3, 0.4) is 0 Å². The fraction of sp³-hybridized carbons (Fsp3) is 0.528. The molecule has 17 heteroatoms. The summed E-state index contributed by atoms with van der Waals surface area (Å²) in [4.78, 5) is 74.3. The van der Waals surface area contributed by atoms with Gasteiger partial charge < -0.3 is 29.9 Å². The number of fused-ring (bicyclic) bond motifs is 11. The van der Waals surface area contributed by atoms with Crippen LogP contribution in [0.4, 0.5) is 10.1 Å². The Morgan fingerprint density at radius 3 is 2.36 bits per heavy atom. The summed E-state index contributed by atoms with van der Waals surface area (Å²) in [6.07, 6.45) is -2.65. The molecule has 53 heavy (non-hydrogen) atoms. The van der Waals surface area contributed by atoms with Gasteiger partial charge in [-0.05, 0) is 89.1 Å². The number of carbonyl (C=O) groups is 5. The first-order valence-corrected chi connectivity index (χ1v) is 22.1. The third kappa shape index (κ3) is 3.11. The molecule has 10 atom stereocenters. The molecule has 9 heterocycles. The molecule has 2 aromatic rings. The zero-order valence-corrected chi connectivity index (χ0v) is 32.2. The number of benzene rings is 2. The number of rotatable bonds is 4. The van der Waals surface area contributed by atoms with Gasteiger partial charge in [-0.15, -0.1) is 0 Å². The van der Waals surface area contributed by atoms with Gasteiger partial charge in [0.25, 0.3) is 23.6 Å². The van der Waals surface area contributed by atoms with E-state index in [1.165, 1.54) is 59.2 Å². The number of aliphatic hydroxyl groups excluding tert-OH is 1. The molecule has 13 rings (SSSR count). The monoisotopic (exact) mass is 795 g/mol. The second kappa shape index (κ2) is 9.81. The Balaban J connectivity index is 1.30. The van der Waals surface area contributed by atoms with Crippen molar-refractivity contribution in [1.29, 1.82) is 0 Å².